The van der Waals surface area contributed by atoms with Gasteiger partial charge in [0.2, 0.25) is 0 Å². The lowest BCUT2D eigenvalue weighted by molar-refractivity contribution is -0.151. The Kier molecular flexibility index (Phi) is 4.66. The third-order valence-electron chi connectivity index (χ3n) is 2.68. The summed E-state index contributed by atoms with van der Waals surface area (Å²) < 4.78 is 10.1. The summed E-state index contributed by atoms with van der Waals surface area (Å²) in [5, 5.41) is 0. The quantitative estimate of drug-likeness (QED) is 0.502. The predicted octanol–water partition coefficient (Wildman–Crippen LogP) is 1.92. The molecule has 0 bridgehead atoms. The first-order valence-electron chi connectivity index (χ1n) is 5.05. The molecule has 0 fully saturated rings. The molecule has 0 N–H and O–H groups in total. The zero-order valence-electron chi connectivity index (χ0n) is 8.86. The summed E-state index contributed by atoms with van der Waals surface area (Å²) in [4.78, 5) is 11.5. The Hall–Kier alpha value is -0.830. The lowest BCUT2D eigenvalue weighted by Crippen LogP contribution is -2.31. The van der Waals surface area contributed by atoms with Crippen LogP contribution in [0.15, 0.2) is 12.2 Å². The number of esters is 1. The molecule has 0 radical (unpaired) electrons. The Labute approximate surface area is 85.1 Å². The van der Waals surface area contributed by atoms with E-state index < -0.39 is 0 Å². The van der Waals surface area contributed by atoms with E-state index in [1.165, 1.54) is 7.11 Å². The number of carbonyl (C=O) groups excluding carboxylic acids is 1. The van der Waals surface area contributed by atoms with Crippen LogP contribution < -0.4 is 0 Å². The summed E-state index contributed by atoms with van der Waals surface area (Å²) >= 11 is 0. The molecule has 0 saturated heterocycles. The Morgan fingerprint density at radius 3 is 2.43 bits per heavy atom. The zero-order chi connectivity index (χ0) is 10.4. The molecule has 0 aromatic rings. The first-order valence-corrected chi connectivity index (χ1v) is 5.05. The third kappa shape index (κ3) is 2.84. The van der Waals surface area contributed by atoms with Crippen LogP contribution in [-0.2, 0) is 14.3 Å². The maximum absolute atomic E-state index is 11.5. The van der Waals surface area contributed by atoms with Crippen LogP contribution in [0.2, 0.25) is 0 Å². The van der Waals surface area contributed by atoms with Crippen LogP contribution in [0.1, 0.15) is 25.7 Å². The van der Waals surface area contributed by atoms with Crippen molar-refractivity contribution < 1.29 is 14.3 Å². The highest BCUT2D eigenvalue weighted by atomic mass is 16.5. The molecule has 0 aromatic heterocycles. The molecule has 2 atom stereocenters. The fourth-order valence-electron chi connectivity index (χ4n) is 1.86. The highest BCUT2D eigenvalue weighted by Crippen LogP contribution is 2.22. The minimum Gasteiger partial charge on any atom is -0.469 e. The Morgan fingerprint density at radius 1 is 1.21 bits per heavy atom. The van der Waals surface area contributed by atoms with Gasteiger partial charge in [-0.05, 0) is 25.7 Å². The normalized spacial score (nSPS) is 30.1. The smallest absolute Gasteiger partial charge is 0.311 e. The SMILES string of the molecule is COC(=O)[C@@H]1CC/C=C\CC[C@H]1OC. The van der Waals surface area contributed by atoms with Gasteiger partial charge in [-0.3, -0.25) is 4.79 Å². The third-order valence-corrected chi connectivity index (χ3v) is 2.68. The molecule has 80 valence electrons. The summed E-state index contributed by atoms with van der Waals surface area (Å²) in [5.74, 6) is -0.248. The number of ether oxygens (including phenoxy) is 2. The standard InChI is InChI=1S/C11H18O3/c1-13-10-8-6-4-3-5-7-9(10)11(12)14-2/h3-4,9-10H,5-8H2,1-2H3/b4-3-/t9-,10-/m1/s1. The Bertz CT molecular complexity index is 211. The van der Waals surface area contributed by atoms with Gasteiger partial charge in [0.1, 0.15) is 0 Å². The fourth-order valence-corrected chi connectivity index (χ4v) is 1.86. The second-order valence-corrected chi connectivity index (χ2v) is 3.53. The van der Waals surface area contributed by atoms with E-state index in [0.29, 0.717) is 0 Å². The van der Waals surface area contributed by atoms with Crippen molar-refractivity contribution in [3.8, 4) is 0 Å². The van der Waals surface area contributed by atoms with Crippen molar-refractivity contribution in [1.82, 2.24) is 0 Å². The molecule has 1 aliphatic carbocycles. The van der Waals surface area contributed by atoms with E-state index in [1.54, 1.807) is 7.11 Å². The summed E-state index contributed by atoms with van der Waals surface area (Å²) in [7, 11) is 3.09. The molecule has 0 spiro atoms. The van der Waals surface area contributed by atoms with Gasteiger partial charge in [-0.15, -0.1) is 0 Å². The molecule has 14 heavy (non-hydrogen) atoms. The molecule has 1 aliphatic rings. The number of carbonyl (C=O) groups is 1. The van der Waals surface area contributed by atoms with Crippen LogP contribution in [0.5, 0.6) is 0 Å². The second-order valence-electron chi connectivity index (χ2n) is 3.53. The first kappa shape index (κ1) is 11.2. The van der Waals surface area contributed by atoms with E-state index in [1.807, 2.05) is 0 Å². The number of rotatable bonds is 2. The highest BCUT2D eigenvalue weighted by molar-refractivity contribution is 5.73. The van der Waals surface area contributed by atoms with E-state index >= 15 is 0 Å². The second kappa shape index (κ2) is 5.81. The predicted molar refractivity (Wildman–Crippen MR) is 53.9 cm³/mol. The largest absolute Gasteiger partial charge is 0.469 e. The van der Waals surface area contributed by atoms with Gasteiger partial charge in [0.15, 0.2) is 0 Å². The number of hydrogen-bond acceptors (Lipinski definition) is 3. The van der Waals surface area contributed by atoms with Crippen LogP contribution >= 0.6 is 0 Å². The molecule has 0 amide bonds. The van der Waals surface area contributed by atoms with Gasteiger partial charge in [-0.2, -0.15) is 0 Å². The molecule has 1 rings (SSSR count). The number of allylic oxidation sites excluding steroid dienone is 2. The zero-order valence-corrected chi connectivity index (χ0v) is 8.86. The minimum absolute atomic E-state index is 0.00685. The maximum Gasteiger partial charge on any atom is 0.311 e. The Balaban J connectivity index is 2.65. The average Bonchev–Trinajstić information content (AvgIpc) is 2.17. The topological polar surface area (TPSA) is 35.5 Å². The lowest BCUT2D eigenvalue weighted by atomic mass is 9.91. The van der Waals surface area contributed by atoms with Crippen molar-refractivity contribution in [2.45, 2.75) is 31.8 Å². The molecule has 0 aromatic carbocycles. The van der Waals surface area contributed by atoms with Crippen molar-refractivity contribution in [1.29, 1.82) is 0 Å². The van der Waals surface area contributed by atoms with Gasteiger partial charge in [-0.1, -0.05) is 12.2 Å². The van der Waals surface area contributed by atoms with E-state index in [0.717, 1.165) is 25.7 Å². The molecule has 0 aliphatic heterocycles. The van der Waals surface area contributed by atoms with E-state index in [2.05, 4.69) is 12.2 Å². The van der Waals surface area contributed by atoms with Crippen molar-refractivity contribution in [2.24, 2.45) is 5.92 Å². The summed E-state index contributed by atoms with van der Waals surface area (Å²) in [6.07, 6.45) is 7.91. The number of hydrogen-bond donors (Lipinski definition) is 0. The van der Waals surface area contributed by atoms with Crippen molar-refractivity contribution in [3.63, 3.8) is 0 Å². The maximum atomic E-state index is 11.5. The van der Waals surface area contributed by atoms with Gasteiger partial charge in [0, 0.05) is 7.11 Å². The van der Waals surface area contributed by atoms with Crippen molar-refractivity contribution >= 4 is 5.97 Å². The molecular weight excluding hydrogens is 180 g/mol. The van der Waals surface area contributed by atoms with Crippen molar-refractivity contribution in [2.75, 3.05) is 14.2 Å². The van der Waals surface area contributed by atoms with Gasteiger partial charge >= 0.3 is 5.97 Å². The fraction of sp³-hybridized carbons (Fsp3) is 0.727. The van der Waals surface area contributed by atoms with Gasteiger partial charge in [0.25, 0.3) is 0 Å². The molecular formula is C11H18O3. The van der Waals surface area contributed by atoms with Crippen LogP contribution in [0.3, 0.4) is 0 Å². The van der Waals surface area contributed by atoms with Crippen LogP contribution in [-0.4, -0.2) is 26.3 Å². The van der Waals surface area contributed by atoms with Crippen LogP contribution in [0.25, 0.3) is 0 Å². The first-order chi connectivity index (χ1) is 6.79. The van der Waals surface area contributed by atoms with Gasteiger partial charge < -0.3 is 9.47 Å². The monoisotopic (exact) mass is 198 g/mol. The van der Waals surface area contributed by atoms with Crippen LogP contribution in [0.4, 0.5) is 0 Å². The van der Waals surface area contributed by atoms with E-state index in [-0.39, 0.29) is 18.0 Å². The molecule has 0 unspecified atom stereocenters. The minimum atomic E-state index is -0.146. The lowest BCUT2D eigenvalue weighted by Gasteiger charge is -2.24. The molecule has 3 heteroatoms. The molecule has 3 nitrogen and oxygen atoms in total. The Morgan fingerprint density at radius 2 is 1.86 bits per heavy atom. The summed E-state index contributed by atoms with van der Waals surface area (Å²) in [5.41, 5.74) is 0. The highest BCUT2D eigenvalue weighted by Gasteiger charge is 2.28. The number of methoxy groups -OCH3 is 2. The molecule has 0 saturated carbocycles. The van der Waals surface area contributed by atoms with E-state index in [9.17, 15) is 4.79 Å². The summed E-state index contributed by atoms with van der Waals surface area (Å²) in [6, 6.07) is 0. The molecule has 0 heterocycles. The van der Waals surface area contributed by atoms with E-state index in [4.69, 9.17) is 9.47 Å². The van der Waals surface area contributed by atoms with Crippen LogP contribution in [0, 0.1) is 5.92 Å². The average molecular weight is 198 g/mol. The van der Waals surface area contributed by atoms with Gasteiger partial charge in [-0.25, -0.2) is 0 Å². The van der Waals surface area contributed by atoms with Crippen molar-refractivity contribution in [3.05, 3.63) is 12.2 Å². The summed E-state index contributed by atoms with van der Waals surface area (Å²) in [6.45, 7) is 0. The van der Waals surface area contributed by atoms with Gasteiger partial charge in [0.05, 0.1) is 19.1 Å².